The van der Waals surface area contributed by atoms with Crippen LogP contribution in [0.5, 0.6) is 0 Å². The average Bonchev–Trinajstić information content (AvgIpc) is 2.89. The Morgan fingerprint density at radius 2 is 1.12 bits per heavy atom. The number of benzene rings is 1. The average molecular weight is 564 g/mol. The smallest absolute Gasteiger partial charge is 0.307 e. The fraction of sp³-hybridized carbons (Fsp3) is 0.677. The molecule has 0 aliphatic carbocycles. The van der Waals surface area contributed by atoms with Crippen LogP contribution < -0.4 is 0 Å². The van der Waals surface area contributed by atoms with Gasteiger partial charge in [-0.15, -0.1) is 0 Å². The van der Waals surface area contributed by atoms with E-state index < -0.39 is 54.5 Å². The molecule has 0 saturated heterocycles. The van der Waals surface area contributed by atoms with E-state index in [4.69, 9.17) is 0 Å². The minimum absolute atomic E-state index is 0.0442. The van der Waals surface area contributed by atoms with E-state index in [2.05, 4.69) is 31.2 Å². The first-order chi connectivity index (χ1) is 19.0. The van der Waals surface area contributed by atoms with Crippen molar-refractivity contribution in [2.75, 3.05) is 13.6 Å². The normalized spacial score (nSPS) is 14.4. The second-order valence-corrected chi connectivity index (χ2v) is 11.1. The lowest BCUT2D eigenvalue weighted by Crippen LogP contribution is -2.41. The fourth-order valence-electron chi connectivity index (χ4n) is 5.26. The maximum atomic E-state index is 11.9. The number of carbonyl (C=O) groups is 4. The van der Waals surface area contributed by atoms with Crippen LogP contribution >= 0.6 is 0 Å². The maximum absolute atomic E-state index is 11.9. The van der Waals surface area contributed by atoms with Crippen LogP contribution in [0.2, 0.25) is 0 Å². The number of aliphatic carboxylic acids is 4. The Morgan fingerprint density at radius 1 is 0.700 bits per heavy atom. The van der Waals surface area contributed by atoms with Gasteiger partial charge < -0.3 is 25.3 Å². The second kappa shape index (κ2) is 19.2. The molecule has 0 saturated carbocycles. The van der Waals surface area contributed by atoms with E-state index in [1.807, 2.05) is 18.9 Å². The number of aryl methyl sites for hydroxylation is 1. The third-order valence-electron chi connectivity index (χ3n) is 7.92. The molecule has 40 heavy (non-hydrogen) atoms. The molecule has 0 amide bonds. The molecule has 3 unspecified atom stereocenters. The third kappa shape index (κ3) is 13.9. The molecule has 0 spiro atoms. The van der Waals surface area contributed by atoms with Crippen LogP contribution in [0, 0.1) is 17.8 Å². The van der Waals surface area contributed by atoms with Gasteiger partial charge in [-0.25, -0.2) is 0 Å². The summed E-state index contributed by atoms with van der Waals surface area (Å²) in [5.41, 5.74) is 2.47. The highest BCUT2D eigenvalue weighted by atomic mass is 16.4. The highest BCUT2D eigenvalue weighted by molar-refractivity contribution is 5.81. The molecular formula is C31H49NO8. The zero-order valence-corrected chi connectivity index (χ0v) is 24.4. The lowest BCUT2D eigenvalue weighted by molar-refractivity contribution is -0.158. The molecule has 1 aromatic carbocycles. The molecule has 1 rings (SSSR count). The summed E-state index contributed by atoms with van der Waals surface area (Å²) in [6.45, 7) is 4.67. The van der Waals surface area contributed by atoms with Gasteiger partial charge in [-0.1, -0.05) is 76.1 Å². The van der Waals surface area contributed by atoms with Gasteiger partial charge in [0.1, 0.15) is 0 Å². The molecule has 9 heteroatoms. The highest BCUT2D eigenvalue weighted by Crippen LogP contribution is 2.33. The minimum Gasteiger partial charge on any atom is -0.481 e. The molecule has 0 aliphatic rings. The van der Waals surface area contributed by atoms with Crippen molar-refractivity contribution in [2.45, 2.75) is 103 Å². The molecule has 0 heterocycles. The van der Waals surface area contributed by atoms with Crippen molar-refractivity contribution >= 4 is 23.9 Å². The van der Waals surface area contributed by atoms with Gasteiger partial charge in [0.05, 0.1) is 24.7 Å². The second-order valence-electron chi connectivity index (χ2n) is 11.1. The van der Waals surface area contributed by atoms with Gasteiger partial charge in [0.25, 0.3) is 0 Å². The molecule has 0 fully saturated rings. The number of unbranched alkanes of at least 4 members (excludes halogenated alkanes) is 7. The Kier molecular flexibility index (Phi) is 16.8. The Morgan fingerprint density at radius 3 is 1.55 bits per heavy atom. The van der Waals surface area contributed by atoms with Crippen molar-refractivity contribution in [1.82, 2.24) is 4.90 Å². The van der Waals surface area contributed by atoms with Gasteiger partial charge in [0, 0.05) is 12.6 Å². The lowest BCUT2D eigenvalue weighted by Gasteiger charge is -2.33. The molecule has 0 aromatic heterocycles. The Bertz CT molecular complexity index is 882. The molecule has 4 N–H and O–H groups in total. The van der Waals surface area contributed by atoms with Crippen LogP contribution in [0.25, 0.3) is 0 Å². The topological polar surface area (TPSA) is 152 Å². The number of likely N-dealkylation sites (N-methyl/N-ethyl adjacent to an activating group) is 1. The zero-order chi connectivity index (χ0) is 30.1. The van der Waals surface area contributed by atoms with Crippen LogP contribution in [0.3, 0.4) is 0 Å². The monoisotopic (exact) mass is 563 g/mol. The number of nitrogens with zero attached hydrogens (tertiary/aromatic N) is 1. The molecule has 0 radical (unpaired) electrons. The van der Waals surface area contributed by atoms with Crippen molar-refractivity contribution < 1.29 is 39.6 Å². The first kappa shape index (κ1) is 35.1. The van der Waals surface area contributed by atoms with Crippen molar-refractivity contribution in [3.63, 3.8) is 0 Å². The lowest BCUT2D eigenvalue weighted by atomic mass is 9.74. The summed E-state index contributed by atoms with van der Waals surface area (Å²) in [6, 6.07) is 8.24. The molecule has 9 nitrogen and oxygen atoms in total. The van der Waals surface area contributed by atoms with E-state index in [0.29, 0.717) is 6.54 Å². The van der Waals surface area contributed by atoms with Crippen molar-refractivity contribution in [2.24, 2.45) is 17.8 Å². The minimum atomic E-state index is -1.51. The molecule has 0 bridgehead atoms. The summed E-state index contributed by atoms with van der Waals surface area (Å²) in [6.07, 6.45) is 10.6. The molecule has 3 atom stereocenters. The van der Waals surface area contributed by atoms with Gasteiger partial charge in [0.15, 0.2) is 0 Å². The first-order valence-electron chi connectivity index (χ1n) is 14.6. The summed E-state index contributed by atoms with van der Waals surface area (Å²) in [5, 5.41) is 37.8. The number of hydrogen-bond acceptors (Lipinski definition) is 5. The standard InChI is InChI=1S/C31H49NO8/c1-4-5-6-7-8-9-10-11-12-23-13-15-24(16-14-23)17-18-32(3)22(2)19-25(26(30(37)38)20-28(33)34)27(31(39)40)21-29(35)36/h13-16,22,25-27H,4-12,17-21H2,1-3H3,(H,33,34)(H,35,36)(H,37,38)(H,39,40). The van der Waals surface area contributed by atoms with E-state index in [9.17, 15) is 39.6 Å². The number of rotatable bonds is 23. The van der Waals surface area contributed by atoms with Crippen molar-refractivity contribution in [3.8, 4) is 0 Å². The number of hydrogen-bond donors (Lipinski definition) is 4. The van der Waals surface area contributed by atoms with E-state index in [0.717, 1.165) is 18.4 Å². The largest absolute Gasteiger partial charge is 0.481 e. The summed E-state index contributed by atoms with van der Waals surface area (Å²) in [5.74, 6) is -9.80. The van der Waals surface area contributed by atoms with Crippen LogP contribution in [-0.4, -0.2) is 68.8 Å². The van der Waals surface area contributed by atoms with Gasteiger partial charge in [-0.3, -0.25) is 19.2 Å². The van der Waals surface area contributed by atoms with E-state index in [1.165, 1.54) is 56.9 Å². The van der Waals surface area contributed by atoms with Crippen LogP contribution in [0.15, 0.2) is 24.3 Å². The Labute approximate surface area is 238 Å². The quantitative estimate of drug-likeness (QED) is 0.125. The summed E-state index contributed by atoms with van der Waals surface area (Å²) in [7, 11) is 1.85. The maximum Gasteiger partial charge on any atom is 0.307 e. The van der Waals surface area contributed by atoms with Crippen LogP contribution in [-0.2, 0) is 32.0 Å². The predicted octanol–water partition coefficient (Wildman–Crippen LogP) is 5.59. The zero-order valence-electron chi connectivity index (χ0n) is 24.4. The van der Waals surface area contributed by atoms with Gasteiger partial charge in [-0.2, -0.15) is 0 Å². The first-order valence-corrected chi connectivity index (χ1v) is 14.6. The molecule has 0 aliphatic heterocycles. The molecular weight excluding hydrogens is 514 g/mol. The van der Waals surface area contributed by atoms with Gasteiger partial charge >= 0.3 is 23.9 Å². The van der Waals surface area contributed by atoms with Crippen LogP contribution in [0.4, 0.5) is 0 Å². The number of carboxylic acid groups (broad SMARTS) is 4. The molecule has 226 valence electrons. The Hall–Kier alpha value is -2.94. The summed E-state index contributed by atoms with van der Waals surface area (Å²) in [4.78, 5) is 48.5. The SMILES string of the molecule is CCCCCCCCCCc1ccc(CCN(C)C(C)CC(C(CC(=O)O)C(=O)O)C(CC(=O)O)C(=O)O)cc1. The highest BCUT2D eigenvalue weighted by Gasteiger charge is 2.41. The van der Waals surface area contributed by atoms with Crippen LogP contribution in [0.1, 0.15) is 95.6 Å². The fourth-order valence-corrected chi connectivity index (χ4v) is 5.26. The van der Waals surface area contributed by atoms with E-state index >= 15 is 0 Å². The molecule has 1 aromatic rings. The van der Waals surface area contributed by atoms with E-state index in [-0.39, 0.29) is 12.5 Å². The van der Waals surface area contributed by atoms with E-state index in [1.54, 1.807) is 0 Å². The van der Waals surface area contributed by atoms with Crippen molar-refractivity contribution in [1.29, 1.82) is 0 Å². The number of carboxylic acids is 4. The predicted molar refractivity (Wildman–Crippen MR) is 153 cm³/mol. The summed E-state index contributed by atoms with van der Waals surface area (Å²) < 4.78 is 0. The third-order valence-corrected chi connectivity index (χ3v) is 7.92. The van der Waals surface area contributed by atoms with Gasteiger partial charge in [-0.05, 0) is 56.7 Å². The Balaban J connectivity index is 2.70. The van der Waals surface area contributed by atoms with Crippen molar-refractivity contribution in [3.05, 3.63) is 35.4 Å². The summed E-state index contributed by atoms with van der Waals surface area (Å²) >= 11 is 0. The van der Waals surface area contributed by atoms with Gasteiger partial charge in [0.2, 0.25) is 0 Å².